The number of nitrogens with two attached hydrogens (primary N) is 1. The summed E-state index contributed by atoms with van der Waals surface area (Å²) >= 11 is 1.58. The summed E-state index contributed by atoms with van der Waals surface area (Å²) in [6.07, 6.45) is 1.23. The maximum Gasteiger partial charge on any atom is 0.250 e. The van der Waals surface area contributed by atoms with Crippen molar-refractivity contribution in [3.8, 4) is 0 Å². The zero-order valence-electron chi connectivity index (χ0n) is 12.3. The second-order valence-corrected chi connectivity index (χ2v) is 6.75. The van der Waals surface area contributed by atoms with E-state index in [2.05, 4.69) is 34.9 Å². The number of fused-ring (bicyclic) bond motifs is 1. The molecule has 1 saturated heterocycles. The van der Waals surface area contributed by atoms with Gasteiger partial charge in [-0.05, 0) is 44.1 Å². The number of primary amides is 1. The van der Waals surface area contributed by atoms with Gasteiger partial charge in [-0.25, -0.2) is 4.98 Å². The van der Waals surface area contributed by atoms with E-state index in [1.807, 2.05) is 6.07 Å². The van der Waals surface area contributed by atoms with Crippen LogP contribution >= 0.6 is 11.3 Å². The highest BCUT2D eigenvalue weighted by molar-refractivity contribution is 7.22. The summed E-state index contributed by atoms with van der Waals surface area (Å²) in [6.45, 7) is 3.29. The minimum absolute atomic E-state index is 0.448. The molecular weight excluding hydrogens is 284 g/mol. The van der Waals surface area contributed by atoms with E-state index < -0.39 is 5.91 Å². The lowest BCUT2D eigenvalue weighted by Crippen LogP contribution is -2.27. The van der Waals surface area contributed by atoms with Gasteiger partial charge in [-0.1, -0.05) is 11.3 Å². The van der Waals surface area contributed by atoms with Gasteiger partial charge < -0.3 is 15.5 Å². The van der Waals surface area contributed by atoms with E-state index in [0.29, 0.717) is 17.0 Å². The molecule has 1 aliphatic rings. The Hall–Kier alpha value is -1.66. The molecule has 5 nitrogen and oxygen atoms in total. The number of anilines is 1. The van der Waals surface area contributed by atoms with Crippen LogP contribution in [0, 0.1) is 12.0 Å². The van der Waals surface area contributed by atoms with Crippen LogP contribution in [0.5, 0.6) is 0 Å². The number of amides is 1. The number of aromatic nitrogens is 1. The third kappa shape index (κ3) is 2.87. The van der Waals surface area contributed by atoms with Crippen molar-refractivity contribution in [1.29, 1.82) is 0 Å². The predicted octanol–water partition coefficient (Wildman–Crippen LogP) is 1.58. The van der Waals surface area contributed by atoms with E-state index in [1.54, 1.807) is 17.4 Å². The molecule has 0 bridgehead atoms. The molecule has 2 heterocycles. The highest BCUT2D eigenvalue weighted by Gasteiger charge is 2.22. The first-order valence-corrected chi connectivity index (χ1v) is 7.86. The molecule has 1 fully saturated rings. The van der Waals surface area contributed by atoms with Gasteiger partial charge in [0.05, 0.1) is 15.8 Å². The van der Waals surface area contributed by atoms with Crippen molar-refractivity contribution >= 4 is 32.6 Å². The molecule has 6 heteroatoms. The van der Waals surface area contributed by atoms with Crippen LogP contribution in [-0.4, -0.2) is 49.5 Å². The Bertz CT molecular complexity index is 669. The van der Waals surface area contributed by atoms with Gasteiger partial charge in [0.25, 0.3) is 5.91 Å². The largest absolute Gasteiger partial charge is 0.366 e. The Morgan fingerprint density at radius 2 is 2.43 bits per heavy atom. The van der Waals surface area contributed by atoms with E-state index in [4.69, 9.17) is 5.73 Å². The normalized spacial score (nSPS) is 19.2. The third-order valence-corrected chi connectivity index (χ3v) is 5.07. The molecule has 1 atom stereocenters. The maximum atomic E-state index is 11.5. The molecule has 2 N–H and O–H groups in total. The van der Waals surface area contributed by atoms with Crippen LogP contribution < -0.4 is 10.6 Å². The molecule has 1 aliphatic heterocycles. The van der Waals surface area contributed by atoms with Gasteiger partial charge in [-0.2, -0.15) is 0 Å². The van der Waals surface area contributed by atoms with E-state index in [1.165, 1.54) is 13.0 Å². The van der Waals surface area contributed by atoms with Crippen LogP contribution in [0.4, 0.5) is 5.13 Å². The first-order chi connectivity index (χ1) is 10.0. The van der Waals surface area contributed by atoms with E-state index in [9.17, 15) is 4.79 Å². The molecular formula is C15H19N4OS. The molecule has 2 aromatic rings. The molecule has 111 valence electrons. The fraction of sp³-hybridized carbons (Fsp3) is 0.467. The van der Waals surface area contributed by atoms with Crippen molar-refractivity contribution in [2.45, 2.75) is 6.42 Å². The van der Waals surface area contributed by atoms with Crippen LogP contribution in [0.3, 0.4) is 0 Å². The minimum Gasteiger partial charge on any atom is -0.366 e. The van der Waals surface area contributed by atoms with Gasteiger partial charge in [-0.3, -0.25) is 4.79 Å². The lowest BCUT2D eigenvalue weighted by Gasteiger charge is -2.20. The number of thiazole rings is 1. The molecule has 0 spiro atoms. The van der Waals surface area contributed by atoms with Crippen molar-refractivity contribution in [3.63, 3.8) is 0 Å². The monoisotopic (exact) mass is 303 g/mol. The Kier molecular flexibility index (Phi) is 3.82. The van der Waals surface area contributed by atoms with Gasteiger partial charge in [0.2, 0.25) is 0 Å². The summed E-state index contributed by atoms with van der Waals surface area (Å²) in [7, 11) is 4.22. The fourth-order valence-electron chi connectivity index (χ4n) is 2.87. The van der Waals surface area contributed by atoms with Gasteiger partial charge in [0.15, 0.2) is 5.13 Å². The number of likely N-dealkylation sites (tertiary alicyclic amines) is 1. The Morgan fingerprint density at radius 1 is 1.62 bits per heavy atom. The summed E-state index contributed by atoms with van der Waals surface area (Å²) in [5.74, 6) is 0.225. The predicted molar refractivity (Wildman–Crippen MR) is 85.8 cm³/mol. The zero-order chi connectivity index (χ0) is 15.0. The molecule has 0 aliphatic carbocycles. The van der Waals surface area contributed by atoms with Gasteiger partial charge >= 0.3 is 0 Å². The van der Waals surface area contributed by atoms with Crippen LogP contribution in [0.25, 0.3) is 10.2 Å². The molecule has 1 aromatic carbocycles. The lowest BCUT2D eigenvalue weighted by atomic mass is 10.1. The molecule has 0 saturated carbocycles. The zero-order valence-corrected chi connectivity index (χ0v) is 13.1. The summed E-state index contributed by atoms with van der Waals surface area (Å²) in [5, 5.41) is 0.932. The topological polar surface area (TPSA) is 62.5 Å². The lowest BCUT2D eigenvalue weighted by molar-refractivity contribution is 0.100. The number of benzene rings is 1. The quantitative estimate of drug-likeness (QED) is 0.931. The van der Waals surface area contributed by atoms with Crippen molar-refractivity contribution in [1.82, 2.24) is 9.88 Å². The van der Waals surface area contributed by atoms with E-state index in [-0.39, 0.29) is 0 Å². The Morgan fingerprint density at radius 3 is 3.10 bits per heavy atom. The van der Waals surface area contributed by atoms with Crippen LogP contribution in [0.2, 0.25) is 0 Å². The molecule has 1 radical (unpaired) electrons. The van der Waals surface area contributed by atoms with E-state index >= 15 is 0 Å². The van der Waals surface area contributed by atoms with Crippen LogP contribution in [0.1, 0.15) is 16.8 Å². The van der Waals surface area contributed by atoms with Crippen molar-refractivity contribution in [2.24, 2.45) is 11.7 Å². The molecule has 1 aromatic heterocycles. The molecule has 1 unspecified atom stereocenters. The van der Waals surface area contributed by atoms with Crippen molar-refractivity contribution in [2.75, 3.05) is 38.6 Å². The molecule has 21 heavy (non-hydrogen) atoms. The number of carbonyl (C=O) groups is 1. The highest BCUT2D eigenvalue weighted by atomic mass is 32.1. The van der Waals surface area contributed by atoms with Gasteiger partial charge in [-0.15, -0.1) is 0 Å². The Balaban J connectivity index is 1.83. The van der Waals surface area contributed by atoms with Crippen LogP contribution in [0.15, 0.2) is 12.1 Å². The average Bonchev–Trinajstić information content (AvgIpc) is 3.04. The average molecular weight is 303 g/mol. The standard InChI is InChI=1S/C15H19N4OS/c1-18-7-6-10(8-18)9-19(2)15-17-13-11(14(16)20)4-3-5-12(13)21-15/h4-5,10H,6-9H2,1-2H3,(H2,16,20). The second kappa shape index (κ2) is 5.61. The summed E-state index contributed by atoms with van der Waals surface area (Å²) < 4.78 is 0.955. The second-order valence-electron chi connectivity index (χ2n) is 5.74. The van der Waals surface area contributed by atoms with E-state index in [0.717, 1.165) is 22.9 Å². The Labute approximate surface area is 128 Å². The number of hydrogen-bond acceptors (Lipinski definition) is 5. The molecule has 3 rings (SSSR count). The summed E-state index contributed by atoms with van der Waals surface area (Å²) in [4.78, 5) is 20.6. The maximum absolute atomic E-state index is 11.5. The smallest absolute Gasteiger partial charge is 0.250 e. The highest BCUT2D eigenvalue weighted by Crippen LogP contribution is 2.30. The number of hydrogen-bond donors (Lipinski definition) is 1. The molecule has 1 amide bonds. The van der Waals surface area contributed by atoms with Gasteiger partial charge in [0.1, 0.15) is 0 Å². The van der Waals surface area contributed by atoms with Gasteiger partial charge in [0, 0.05) is 20.1 Å². The number of nitrogens with zero attached hydrogens (tertiary/aromatic N) is 3. The first-order valence-electron chi connectivity index (χ1n) is 7.04. The number of carbonyl (C=O) groups excluding carboxylic acids is 1. The SMILES string of the molecule is CN1CCC(CN(C)c2nc3c(C(N)=O)c[c]cc3s2)C1. The fourth-order valence-corrected chi connectivity index (χ4v) is 3.82. The summed E-state index contributed by atoms with van der Waals surface area (Å²) in [6, 6.07) is 6.43. The van der Waals surface area contributed by atoms with Crippen molar-refractivity contribution < 1.29 is 4.79 Å². The van der Waals surface area contributed by atoms with Crippen LogP contribution in [-0.2, 0) is 0 Å². The third-order valence-electron chi connectivity index (χ3n) is 3.95. The number of rotatable bonds is 4. The first kappa shape index (κ1) is 14.3. The minimum atomic E-state index is -0.450. The van der Waals surface area contributed by atoms with Crippen molar-refractivity contribution in [3.05, 3.63) is 23.8 Å². The summed E-state index contributed by atoms with van der Waals surface area (Å²) in [5.41, 5.74) is 6.54.